The molecule has 0 aliphatic rings. The summed E-state index contributed by atoms with van der Waals surface area (Å²) in [6.45, 7) is 9.37. The molecular weight excluding hydrogens is 505 g/mol. The number of nitrogens with one attached hydrogen (secondary N) is 2. The van der Waals surface area contributed by atoms with Gasteiger partial charge in [0.05, 0.1) is 30.7 Å². The summed E-state index contributed by atoms with van der Waals surface area (Å²) >= 11 is 0. The molecule has 168 valence electrons. The summed E-state index contributed by atoms with van der Waals surface area (Å²) in [5, 5.41) is 26.1. The van der Waals surface area contributed by atoms with E-state index in [1.807, 2.05) is 62.1 Å². The molecule has 0 saturated heterocycles. The molecule has 2 heterocycles. The van der Waals surface area contributed by atoms with E-state index in [9.17, 15) is 5.11 Å². The summed E-state index contributed by atoms with van der Waals surface area (Å²) in [5.41, 5.74) is 3.85. The van der Waals surface area contributed by atoms with E-state index in [0.717, 1.165) is 34.7 Å². The first-order chi connectivity index (χ1) is 14.3. The van der Waals surface area contributed by atoms with Crippen molar-refractivity contribution in [3.8, 4) is 5.69 Å². The highest BCUT2D eigenvalue weighted by Gasteiger charge is 2.25. The number of rotatable bonds is 7. The van der Waals surface area contributed by atoms with Crippen LogP contribution in [-0.4, -0.2) is 43.7 Å². The molecule has 0 radical (unpaired) electrons. The second kappa shape index (κ2) is 10.8. The molecule has 9 heteroatoms. The Labute approximate surface area is 200 Å². The summed E-state index contributed by atoms with van der Waals surface area (Å²) in [6, 6.07) is 10.1. The van der Waals surface area contributed by atoms with Crippen LogP contribution in [0.3, 0.4) is 0 Å². The van der Waals surface area contributed by atoms with Gasteiger partial charge in [-0.05, 0) is 39.8 Å². The number of aliphatic imine (C=N–C) groups is 1. The largest absolute Gasteiger partial charge is 0.383 e. The number of aromatic nitrogens is 4. The van der Waals surface area contributed by atoms with Crippen LogP contribution in [0.15, 0.2) is 47.7 Å². The molecule has 0 saturated carbocycles. The maximum atomic E-state index is 10.8. The van der Waals surface area contributed by atoms with E-state index in [2.05, 4.69) is 27.8 Å². The normalized spacial score (nSPS) is 13.4. The Hall–Kier alpha value is -2.40. The molecule has 0 amide bonds. The predicted octanol–water partition coefficient (Wildman–Crippen LogP) is 2.80. The molecule has 0 spiro atoms. The highest BCUT2D eigenvalue weighted by molar-refractivity contribution is 14.0. The number of hydrogen-bond acceptors (Lipinski definition) is 4. The van der Waals surface area contributed by atoms with Crippen molar-refractivity contribution >= 4 is 29.9 Å². The van der Waals surface area contributed by atoms with Crippen LogP contribution in [0.5, 0.6) is 0 Å². The van der Waals surface area contributed by atoms with Gasteiger partial charge in [0, 0.05) is 36.6 Å². The first-order valence-electron chi connectivity index (χ1n) is 10.2. The van der Waals surface area contributed by atoms with Gasteiger partial charge in [0.25, 0.3) is 0 Å². The van der Waals surface area contributed by atoms with E-state index in [1.54, 1.807) is 17.8 Å². The fourth-order valence-corrected chi connectivity index (χ4v) is 3.28. The second-order valence-electron chi connectivity index (χ2n) is 7.62. The smallest absolute Gasteiger partial charge is 0.191 e. The summed E-state index contributed by atoms with van der Waals surface area (Å²) in [7, 11) is 1.83. The number of benzene rings is 1. The summed E-state index contributed by atoms with van der Waals surface area (Å²) in [4.78, 5) is 4.72. The maximum Gasteiger partial charge on any atom is 0.191 e. The van der Waals surface area contributed by atoms with Crippen LogP contribution < -0.4 is 10.6 Å². The molecular formula is C22H32IN7O. The van der Waals surface area contributed by atoms with Crippen LogP contribution in [0.4, 0.5) is 0 Å². The minimum Gasteiger partial charge on any atom is -0.383 e. The third kappa shape index (κ3) is 6.07. The number of halogens is 1. The van der Waals surface area contributed by atoms with Gasteiger partial charge < -0.3 is 15.7 Å². The lowest BCUT2D eigenvalue weighted by atomic mass is 10.00. The van der Waals surface area contributed by atoms with Crippen LogP contribution in [-0.2, 0) is 19.2 Å². The van der Waals surface area contributed by atoms with Gasteiger partial charge in [0.2, 0.25) is 0 Å². The van der Waals surface area contributed by atoms with E-state index < -0.39 is 5.60 Å². The number of aryl methyl sites for hydroxylation is 2. The van der Waals surface area contributed by atoms with Crippen molar-refractivity contribution in [3.05, 3.63) is 65.2 Å². The summed E-state index contributed by atoms with van der Waals surface area (Å²) in [5.74, 6) is 0.646. The Morgan fingerprint density at radius 2 is 1.90 bits per heavy atom. The molecule has 0 fully saturated rings. The average Bonchev–Trinajstić information content (AvgIpc) is 3.29. The van der Waals surface area contributed by atoms with E-state index in [4.69, 9.17) is 4.99 Å². The van der Waals surface area contributed by atoms with Gasteiger partial charge in [-0.25, -0.2) is 9.67 Å². The molecule has 2 aromatic heterocycles. The SMILES string of the molecule is CCNC(=NCc1c(C)nn(-c2ccccc2)c1C)NCC(C)(O)c1cnn(C)c1.I. The van der Waals surface area contributed by atoms with E-state index in [1.165, 1.54) is 0 Å². The van der Waals surface area contributed by atoms with Crippen molar-refractivity contribution in [2.75, 3.05) is 13.1 Å². The third-order valence-corrected chi connectivity index (χ3v) is 5.11. The number of nitrogens with zero attached hydrogens (tertiary/aromatic N) is 5. The zero-order valence-electron chi connectivity index (χ0n) is 18.8. The van der Waals surface area contributed by atoms with E-state index >= 15 is 0 Å². The van der Waals surface area contributed by atoms with E-state index in [0.29, 0.717) is 19.0 Å². The predicted molar refractivity (Wildman–Crippen MR) is 134 cm³/mol. The molecule has 0 aliphatic carbocycles. The molecule has 3 rings (SSSR count). The Bertz CT molecular complexity index is 1010. The molecule has 0 aliphatic heterocycles. The topological polar surface area (TPSA) is 92.3 Å². The van der Waals surface area contributed by atoms with Gasteiger partial charge in [-0.15, -0.1) is 24.0 Å². The Balaban J connectivity index is 0.00000341. The fourth-order valence-electron chi connectivity index (χ4n) is 3.28. The van der Waals surface area contributed by atoms with Crippen molar-refractivity contribution in [3.63, 3.8) is 0 Å². The van der Waals surface area contributed by atoms with Crippen molar-refractivity contribution < 1.29 is 5.11 Å². The lowest BCUT2D eigenvalue weighted by Gasteiger charge is -2.23. The standard InChI is InChI=1S/C22H31N7O.HI/c1-6-23-21(25-15-22(4,30)18-12-26-28(5)14-18)24-13-20-16(2)27-29(17(20)3)19-10-8-7-9-11-19;/h7-12,14,30H,6,13,15H2,1-5H3,(H2,23,24,25);1H. The lowest BCUT2D eigenvalue weighted by molar-refractivity contribution is 0.0616. The minimum atomic E-state index is -1.06. The molecule has 8 nitrogen and oxygen atoms in total. The van der Waals surface area contributed by atoms with Crippen molar-refractivity contribution in [1.29, 1.82) is 0 Å². The maximum absolute atomic E-state index is 10.8. The van der Waals surface area contributed by atoms with Crippen LogP contribution in [0.1, 0.15) is 36.4 Å². The number of para-hydroxylation sites is 1. The Morgan fingerprint density at radius 1 is 1.19 bits per heavy atom. The Kier molecular flexibility index (Phi) is 8.63. The van der Waals surface area contributed by atoms with Crippen LogP contribution >= 0.6 is 24.0 Å². The minimum absolute atomic E-state index is 0. The molecule has 1 unspecified atom stereocenters. The summed E-state index contributed by atoms with van der Waals surface area (Å²) < 4.78 is 3.63. The second-order valence-corrected chi connectivity index (χ2v) is 7.62. The van der Waals surface area contributed by atoms with Gasteiger partial charge >= 0.3 is 0 Å². The number of aliphatic hydroxyl groups is 1. The van der Waals surface area contributed by atoms with Crippen molar-refractivity contribution in [1.82, 2.24) is 30.2 Å². The first kappa shape index (κ1) is 24.9. The third-order valence-electron chi connectivity index (χ3n) is 5.11. The molecule has 0 bridgehead atoms. The first-order valence-corrected chi connectivity index (χ1v) is 10.2. The monoisotopic (exact) mass is 537 g/mol. The summed E-state index contributed by atoms with van der Waals surface area (Å²) in [6.07, 6.45) is 3.49. The molecule has 1 aromatic carbocycles. The molecule has 1 atom stereocenters. The van der Waals surface area contributed by atoms with Crippen molar-refractivity contribution in [2.45, 2.75) is 39.8 Å². The molecule has 3 aromatic rings. The quantitative estimate of drug-likeness (QED) is 0.245. The zero-order valence-corrected chi connectivity index (χ0v) is 21.1. The van der Waals surface area contributed by atoms with Gasteiger partial charge in [0.1, 0.15) is 5.60 Å². The highest BCUT2D eigenvalue weighted by atomic mass is 127. The number of guanidine groups is 1. The van der Waals surface area contributed by atoms with E-state index in [-0.39, 0.29) is 24.0 Å². The average molecular weight is 537 g/mol. The van der Waals surface area contributed by atoms with Gasteiger partial charge in [-0.2, -0.15) is 10.2 Å². The lowest BCUT2D eigenvalue weighted by Crippen LogP contribution is -2.44. The van der Waals surface area contributed by atoms with Crippen LogP contribution in [0.2, 0.25) is 0 Å². The Morgan fingerprint density at radius 3 is 2.52 bits per heavy atom. The molecule has 31 heavy (non-hydrogen) atoms. The highest BCUT2D eigenvalue weighted by Crippen LogP contribution is 2.20. The molecule has 3 N–H and O–H groups in total. The number of hydrogen-bond donors (Lipinski definition) is 3. The zero-order chi connectivity index (χ0) is 21.7. The van der Waals surface area contributed by atoms with Gasteiger partial charge in [-0.3, -0.25) is 4.68 Å². The van der Waals surface area contributed by atoms with Gasteiger partial charge in [0.15, 0.2) is 5.96 Å². The van der Waals surface area contributed by atoms with Crippen LogP contribution in [0, 0.1) is 13.8 Å². The van der Waals surface area contributed by atoms with Gasteiger partial charge in [-0.1, -0.05) is 18.2 Å². The van der Waals surface area contributed by atoms with Crippen molar-refractivity contribution in [2.24, 2.45) is 12.0 Å². The fraction of sp³-hybridized carbons (Fsp3) is 0.409. The van der Waals surface area contributed by atoms with Crippen LogP contribution in [0.25, 0.3) is 5.69 Å².